The Balaban J connectivity index is 0.000000185. The number of piperazine rings is 2. The number of fused-ring (bicyclic) bond motifs is 6. The first-order valence-corrected chi connectivity index (χ1v) is 41.5. The maximum atomic E-state index is 15.4. The zero-order valence-corrected chi connectivity index (χ0v) is 67.8. The quantitative estimate of drug-likeness (QED) is 0.0266. The van der Waals surface area contributed by atoms with Crippen molar-refractivity contribution in [3.05, 3.63) is 225 Å². The van der Waals surface area contributed by atoms with Crippen molar-refractivity contribution in [1.29, 1.82) is 0 Å². The summed E-state index contributed by atoms with van der Waals surface area (Å²) in [6.45, 7) is 23.9. The minimum absolute atomic E-state index is 0.122. The van der Waals surface area contributed by atoms with Gasteiger partial charge in [-0.2, -0.15) is 10.2 Å². The summed E-state index contributed by atoms with van der Waals surface area (Å²) in [5.41, 5.74) is 14.3. The molecule has 0 unspecified atom stereocenters. The fraction of sp³-hybridized carbons (Fsp3) is 0.418. The number of ether oxygens (including phenoxy) is 3. The van der Waals surface area contributed by atoms with Crippen molar-refractivity contribution in [2.24, 2.45) is 0 Å². The average molecular weight is 1590 g/mol. The molecule has 16 rings (SSSR count). The van der Waals surface area contributed by atoms with E-state index in [0.717, 1.165) is 148 Å². The summed E-state index contributed by atoms with van der Waals surface area (Å²) in [7, 11) is 0. The third-order valence-corrected chi connectivity index (χ3v) is 23.3. The van der Waals surface area contributed by atoms with Gasteiger partial charge in [-0.25, -0.2) is 32.9 Å². The Morgan fingerprint density at radius 1 is 0.504 bits per heavy atom. The predicted molar refractivity (Wildman–Crippen MR) is 447 cm³/mol. The number of carbonyl (C=O) groups is 5. The van der Waals surface area contributed by atoms with Crippen molar-refractivity contribution in [2.45, 2.75) is 194 Å². The topological polar surface area (TPSA) is 268 Å². The van der Waals surface area contributed by atoms with Gasteiger partial charge in [-0.1, -0.05) is 74.5 Å². The van der Waals surface area contributed by atoms with E-state index in [9.17, 15) is 24.0 Å². The molecule has 0 saturated carbocycles. The summed E-state index contributed by atoms with van der Waals surface area (Å²) in [6.07, 6.45) is 10.4. The van der Waals surface area contributed by atoms with Gasteiger partial charge in [0.2, 0.25) is 0 Å². The standard InChI is InChI=1S/C48H57FN8O5.C43H49FN8O3/c1-6-42-39(43(53-35-16-18-61-19-17-35)40-26-52-57(7-2)44(40)54-42)25-51-46(59)34-13-9-12-33(22-34)45(58)50-24-30-14-15-41(49)38(21-30)32-11-8-10-31(20-32)27-55-28-37-23-36(55)29-56(37)47(60)62-48(3,4)5;1-3-39-36(40(49-32-13-15-55-16-14-32)37-24-48-52(4-2)41(37)50-39)23-47-43(54)31-10-6-9-30(19-31)42(53)46-21-27-11-12-38(44)35(18-27)29-8-5-7-28(17-29)25-51-26-33-20-34(51)22-45-33/h8-15,20-22,26,35-37H,6-7,16-19,23-25,27-29H2,1-5H3,(H,50,58)(H,51,59)(H,53,54);5-12,17-19,24,32-34,45H,3-4,13-16,20-23,25-26H2,1-2H3,(H,46,53)(H,47,54)(H,49,50)/t36-,37-;33-,34-/m00/s1. The van der Waals surface area contributed by atoms with Crippen molar-refractivity contribution in [2.75, 3.05) is 63.2 Å². The van der Waals surface area contributed by atoms with Crippen LogP contribution in [0.5, 0.6) is 0 Å². The van der Waals surface area contributed by atoms with Crippen LogP contribution in [0.4, 0.5) is 25.0 Å². The molecule has 612 valence electrons. The second-order valence-electron chi connectivity index (χ2n) is 32.4. The van der Waals surface area contributed by atoms with Crippen LogP contribution in [0.15, 0.2) is 146 Å². The predicted octanol–water partition coefficient (Wildman–Crippen LogP) is 13.3. The molecule has 6 saturated heterocycles. The monoisotopic (exact) mass is 1590 g/mol. The molecule has 0 radical (unpaired) electrons. The molecule has 6 aliphatic rings. The highest BCUT2D eigenvalue weighted by atomic mass is 19.1. The highest BCUT2D eigenvalue weighted by Crippen LogP contribution is 2.38. The molecular formula is C91H106F2N16O8. The van der Waals surface area contributed by atoms with Crippen LogP contribution in [0, 0.1) is 11.6 Å². The largest absolute Gasteiger partial charge is 0.444 e. The zero-order chi connectivity index (χ0) is 81.4. The highest BCUT2D eigenvalue weighted by molar-refractivity contribution is 6.01. The molecule has 5 amide bonds. The molecule has 26 heteroatoms. The number of pyridine rings is 2. The number of halogens is 2. The van der Waals surface area contributed by atoms with Gasteiger partial charge < -0.3 is 56.3 Å². The first kappa shape index (κ1) is 81.1. The third kappa shape index (κ3) is 18.9. The lowest BCUT2D eigenvalue weighted by Gasteiger charge is -2.35. The van der Waals surface area contributed by atoms with E-state index < -0.39 is 5.60 Å². The van der Waals surface area contributed by atoms with E-state index in [-0.39, 0.29) is 91.7 Å². The molecule has 10 heterocycles. The molecule has 7 N–H and O–H groups in total. The van der Waals surface area contributed by atoms with Crippen LogP contribution in [0.3, 0.4) is 0 Å². The first-order chi connectivity index (χ1) is 56.7. The van der Waals surface area contributed by atoms with Crippen LogP contribution in [0.2, 0.25) is 0 Å². The molecule has 4 atom stereocenters. The minimum Gasteiger partial charge on any atom is -0.444 e. The Kier molecular flexibility index (Phi) is 25.1. The van der Waals surface area contributed by atoms with Crippen LogP contribution in [-0.4, -0.2) is 168 Å². The van der Waals surface area contributed by atoms with E-state index in [2.05, 4.69) is 83.2 Å². The molecule has 0 spiro atoms. The van der Waals surface area contributed by atoms with Crippen molar-refractivity contribution in [1.82, 2.24) is 70.8 Å². The van der Waals surface area contributed by atoms with E-state index in [1.807, 2.05) is 97.7 Å². The number of hydrogen-bond donors (Lipinski definition) is 7. The summed E-state index contributed by atoms with van der Waals surface area (Å²) >= 11 is 0. The molecule has 6 aliphatic heterocycles. The fourth-order valence-corrected chi connectivity index (χ4v) is 17.2. The number of carbonyl (C=O) groups excluding carboxylic acids is 5. The number of nitrogens with one attached hydrogen (secondary N) is 7. The van der Waals surface area contributed by atoms with Gasteiger partial charge in [0.05, 0.1) is 34.5 Å². The van der Waals surface area contributed by atoms with Crippen molar-refractivity contribution in [3.8, 4) is 22.3 Å². The van der Waals surface area contributed by atoms with Gasteiger partial charge in [0.15, 0.2) is 11.3 Å². The van der Waals surface area contributed by atoms with E-state index >= 15 is 8.78 Å². The van der Waals surface area contributed by atoms with Gasteiger partial charge in [0, 0.05) is 197 Å². The molecule has 6 aromatic carbocycles. The first-order valence-electron chi connectivity index (χ1n) is 41.5. The number of amides is 5. The number of anilines is 2. The van der Waals surface area contributed by atoms with E-state index in [1.165, 1.54) is 18.6 Å². The lowest BCUT2D eigenvalue weighted by Crippen LogP contribution is -2.49. The summed E-state index contributed by atoms with van der Waals surface area (Å²) in [5.74, 6) is -1.94. The van der Waals surface area contributed by atoms with Crippen LogP contribution in [0.1, 0.15) is 173 Å². The normalized spacial score (nSPS) is 18.2. The smallest absolute Gasteiger partial charge is 0.410 e. The maximum Gasteiger partial charge on any atom is 0.410 e. The molecule has 4 aromatic heterocycles. The number of hydrogen-bond acceptors (Lipinski definition) is 17. The molecular weight excluding hydrogens is 1480 g/mol. The highest BCUT2D eigenvalue weighted by Gasteiger charge is 2.46. The molecule has 6 fully saturated rings. The Morgan fingerprint density at radius 3 is 1.35 bits per heavy atom. The van der Waals surface area contributed by atoms with Crippen molar-refractivity contribution < 1.29 is 47.0 Å². The molecule has 10 aromatic rings. The summed E-state index contributed by atoms with van der Waals surface area (Å²) in [4.78, 5) is 83.5. The second kappa shape index (κ2) is 36.2. The van der Waals surface area contributed by atoms with Crippen molar-refractivity contribution >= 4 is 63.2 Å². The van der Waals surface area contributed by atoms with Gasteiger partial charge in [-0.3, -0.25) is 29.0 Å². The van der Waals surface area contributed by atoms with Crippen LogP contribution in [-0.2, 0) is 79.4 Å². The zero-order valence-electron chi connectivity index (χ0n) is 67.8. The van der Waals surface area contributed by atoms with Gasteiger partial charge in [0.25, 0.3) is 23.6 Å². The van der Waals surface area contributed by atoms with E-state index in [0.29, 0.717) is 111 Å². The SMILES string of the molecule is CCc1nc2c(cnn2CC)c(NC2CCOCC2)c1CNC(=O)c1cccc(C(=O)NCc2ccc(F)c(-c3cccc(CN4C[C@@H]5C[C@H]4CN5)c3)c2)c1.CCc1nc2c(cnn2CC)c(NC2CCOCC2)c1CNC(=O)c1cccc(C(=O)NCc2ccc(F)c(-c3cccc(CN4C[C@@H]5C[C@H]4CN5C(=O)OC(C)(C)C)c3)c2)c1. The Hall–Kier alpha value is -11.0. The third-order valence-electron chi connectivity index (χ3n) is 23.3. The van der Waals surface area contributed by atoms with Crippen LogP contribution < -0.4 is 37.2 Å². The summed E-state index contributed by atoms with van der Waals surface area (Å²) < 4.78 is 51.1. The molecule has 0 aliphatic carbocycles. The maximum absolute atomic E-state index is 15.4. The van der Waals surface area contributed by atoms with Gasteiger partial charge in [-0.05, 0) is 192 Å². The lowest BCUT2D eigenvalue weighted by atomic mass is 10.00. The lowest BCUT2D eigenvalue weighted by molar-refractivity contribution is 0.0123. The minimum atomic E-state index is -0.534. The van der Waals surface area contributed by atoms with Crippen LogP contribution in [0.25, 0.3) is 44.3 Å². The number of nitrogens with zero attached hydrogens (tertiary/aromatic N) is 9. The van der Waals surface area contributed by atoms with Gasteiger partial charge in [0.1, 0.15) is 17.2 Å². The molecule has 24 nitrogen and oxygen atoms in total. The fourth-order valence-electron chi connectivity index (χ4n) is 17.2. The number of benzene rings is 6. The second-order valence-corrected chi connectivity index (χ2v) is 32.4. The molecule has 4 bridgehead atoms. The Morgan fingerprint density at radius 2 is 0.949 bits per heavy atom. The Bertz CT molecular complexity index is 5300. The number of likely N-dealkylation sites (tertiary alicyclic amines) is 3. The number of aryl methyl sites for hydroxylation is 4. The van der Waals surface area contributed by atoms with Gasteiger partial charge in [-0.15, -0.1) is 0 Å². The number of rotatable bonds is 26. The van der Waals surface area contributed by atoms with E-state index in [4.69, 9.17) is 24.2 Å². The van der Waals surface area contributed by atoms with Gasteiger partial charge >= 0.3 is 6.09 Å². The average Bonchev–Trinajstić information content (AvgIpc) is 1.69. The number of aromatic nitrogens is 6. The Labute approximate surface area is 681 Å². The van der Waals surface area contributed by atoms with E-state index in [1.54, 1.807) is 72.8 Å². The molecule has 117 heavy (non-hydrogen) atoms. The summed E-state index contributed by atoms with van der Waals surface area (Å²) in [6, 6.07) is 41.1. The summed E-state index contributed by atoms with van der Waals surface area (Å²) in [5, 5.41) is 34.1. The van der Waals surface area contributed by atoms with Crippen LogP contribution >= 0.6 is 0 Å². The van der Waals surface area contributed by atoms with Crippen molar-refractivity contribution in [3.63, 3.8) is 0 Å².